The molecule has 292 valence electrons. The molecular weight excluding hydrogens is 691 g/mol. The van der Waals surface area contributed by atoms with Crippen molar-refractivity contribution in [2.24, 2.45) is 18.9 Å². The number of methoxy groups -OCH3 is 2. The molecule has 10 heteroatoms. The molecule has 3 aliphatic rings. The maximum atomic E-state index is 13.2. The van der Waals surface area contributed by atoms with Crippen LogP contribution in [-0.4, -0.2) is 79.5 Å². The predicted molar refractivity (Wildman–Crippen MR) is 220 cm³/mol. The number of aromatic nitrogens is 2. The molecule has 0 spiro atoms. The minimum Gasteiger partial charge on any atom is -0.496 e. The first-order chi connectivity index (χ1) is 26.7. The molecule has 0 radical (unpaired) electrons. The van der Waals surface area contributed by atoms with Gasteiger partial charge in [0.1, 0.15) is 17.3 Å². The van der Waals surface area contributed by atoms with Gasteiger partial charge in [-0.15, -0.1) is 0 Å². The molecule has 2 saturated heterocycles. The number of likely N-dealkylation sites (tertiary alicyclic amines) is 1. The smallest absolute Gasteiger partial charge is 0.259 e. The van der Waals surface area contributed by atoms with E-state index in [0.29, 0.717) is 16.5 Å². The first-order valence-corrected chi connectivity index (χ1v) is 20.4. The van der Waals surface area contributed by atoms with E-state index >= 15 is 0 Å². The Morgan fingerprint density at radius 1 is 0.764 bits per heavy atom. The Morgan fingerprint density at radius 3 is 2.13 bits per heavy atom. The van der Waals surface area contributed by atoms with Crippen molar-refractivity contribution in [3.63, 3.8) is 0 Å². The monoisotopic (exact) mass is 747 g/mol. The molecule has 1 aliphatic carbocycles. The minimum atomic E-state index is -0.0701. The first-order valence-electron chi connectivity index (χ1n) is 20.4. The van der Waals surface area contributed by atoms with Crippen LogP contribution in [0.15, 0.2) is 53.6 Å². The van der Waals surface area contributed by atoms with Gasteiger partial charge < -0.3 is 23.8 Å². The molecule has 0 amide bonds. The number of ketones is 2. The second-order valence-electron chi connectivity index (χ2n) is 15.8. The Labute approximate surface area is 325 Å². The quantitative estimate of drug-likeness (QED) is 0.134. The molecule has 2 aromatic heterocycles. The van der Waals surface area contributed by atoms with Crippen molar-refractivity contribution in [3.8, 4) is 22.6 Å². The zero-order valence-electron chi connectivity index (χ0n) is 33.4. The second-order valence-corrected chi connectivity index (χ2v) is 15.8. The molecule has 0 saturated carbocycles. The molecule has 2 fully saturated rings. The van der Waals surface area contributed by atoms with Crippen LogP contribution in [0.25, 0.3) is 21.9 Å². The summed E-state index contributed by atoms with van der Waals surface area (Å²) in [5.74, 6) is 3.80. The van der Waals surface area contributed by atoms with Crippen LogP contribution in [0.2, 0.25) is 0 Å². The molecule has 0 bridgehead atoms. The van der Waals surface area contributed by atoms with Crippen molar-refractivity contribution in [1.29, 1.82) is 0 Å². The number of hydrogen-bond donors (Lipinski definition) is 0. The number of rotatable bonds is 12. The van der Waals surface area contributed by atoms with Gasteiger partial charge in [0, 0.05) is 79.9 Å². The van der Waals surface area contributed by atoms with Gasteiger partial charge in [0.15, 0.2) is 11.6 Å². The van der Waals surface area contributed by atoms with E-state index in [1.807, 2.05) is 30.5 Å². The maximum Gasteiger partial charge on any atom is 0.259 e. The van der Waals surface area contributed by atoms with E-state index in [1.165, 1.54) is 51.4 Å². The Kier molecular flexibility index (Phi) is 11.9. The van der Waals surface area contributed by atoms with Crippen LogP contribution in [0.1, 0.15) is 97.9 Å². The summed E-state index contributed by atoms with van der Waals surface area (Å²) in [4.78, 5) is 49.4. The highest BCUT2D eigenvalue weighted by Crippen LogP contribution is 2.39. The average Bonchev–Trinajstić information content (AvgIpc) is 3.49. The van der Waals surface area contributed by atoms with Crippen LogP contribution in [0.4, 0.5) is 11.5 Å². The fourth-order valence-electron chi connectivity index (χ4n) is 9.15. The van der Waals surface area contributed by atoms with Gasteiger partial charge in [-0.05, 0) is 106 Å². The lowest BCUT2D eigenvalue weighted by Crippen LogP contribution is -2.34. The van der Waals surface area contributed by atoms with E-state index in [4.69, 9.17) is 9.47 Å². The number of piperidine rings is 1. The zero-order valence-corrected chi connectivity index (χ0v) is 33.4. The first kappa shape index (κ1) is 38.6. The van der Waals surface area contributed by atoms with Crippen molar-refractivity contribution < 1.29 is 19.1 Å². The molecule has 7 rings (SSSR count). The second kappa shape index (κ2) is 17.0. The predicted octanol–water partition coefficient (Wildman–Crippen LogP) is 7.92. The molecule has 0 N–H and O–H groups in total. The van der Waals surface area contributed by atoms with Gasteiger partial charge in [-0.3, -0.25) is 19.3 Å². The van der Waals surface area contributed by atoms with E-state index in [9.17, 15) is 14.4 Å². The summed E-state index contributed by atoms with van der Waals surface area (Å²) in [5, 5.41) is 1.46. The number of anilines is 2. The van der Waals surface area contributed by atoms with Gasteiger partial charge in [-0.25, -0.2) is 4.98 Å². The summed E-state index contributed by atoms with van der Waals surface area (Å²) < 4.78 is 13.8. The number of pyridine rings is 2. The summed E-state index contributed by atoms with van der Waals surface area (Å²) in [7, 11) is 5.25. The van der Waals surface area contributed by atoms with Gasteiger partial charge in [0.05, 0.1) is 31.6 Å². The number of ether oxygens (including phenoxy) is 2. The Bertz CT molecular complexity index is 2070. The van der Waals surface area contributed by atoms with Crippen LogP contribution < -0.4 is 24.8 Å². The van der Waals surface area contributed by atoms with Crippen molar-refractivity contribution in [2.75, 3.05) is 63.3 Å². The number of aryl methyl sites for hydroxylation is 1. The molecule has 4 heterocycles. The minimum absolute atomic E-state index is 0.0173. The summed E-state index contributed by atoms with van der Waals surface area (Å²) in [5.41, 5.74) is 5.13. The zero-order chi connectivity index (χ0) is 38.6. The van der Waals surface area contributed by atoms with Crippen molar-refractivity contribution in [2.45, 2.75) is 78.2 Å². The fourth-order valence-corrected chi connectivity index (χ4v) is 9.15. The number of hydrogen-bond acceptors (Lipinski definition) is 9. The van der Waals surface area contributed by atoms with Gasteiger partial charge in [-0.2, -0.15) is 0 Å². The van der Waals surface area contributed by atoms with Gasteiger partial charge in [0.25, 0.3) is 5.56 Å². The fraction of sp³-hybridized carbons (Fsp3) is 0.511. The Hall–Kier alpha value is -4.70. The molecule has 2 aromatic carbocycles. The molecule has 10 nitrogen and oxygen atoms in total. The largest absolute Gasteiger partial charge is 0.496 e. The summed E-state index contributed by atoms with van der Waals surface area (Å²) in [6.07, 6.45) is 13.4. The SMILES string of the molecule is CCN(CC)c1cc2c(-c3cc(OC)c(CN4CCCCC(CCC5CCN(c6ccc7c(c6)C(=O)CC7=O)CC5)CC4)c(OC)c3)cn(C)c(=O)c2cn1. The van der Waals surface area contributed by atoms with Gasteiger partial charge in [0.2, 0.25) is 0 Å². The third-order valence-corrected chi connectivity index (χ3v) is 12.5. The van der Waals surface area contributed by atoms with Crippen LogP contribution >= 0.6 is 0 Å². The number of nitrogens with zero attached hydrogens (tertiary/aromatic N) is 5. The lowest BCUT2D eigenvalue weighted by molar-refractivity contribution is 0.0923. The van der Waals surface area contributed by atoms with Crippen LogP contribution in [0.5, 0.6) is 11.5 Å². The van der Waals surface area contributed by atoms with Gasteiger partial charge >= 0.3 is 0 Å². The molecule has 1 atom stereocenters. The number of carbonyl (C=O) groups excluding carboxylic acids is 2. The summed E-state index contributed by atoms with van der Waals surface area (Å²) >= 11 is 0. The number of Topliss-reactive ketones (excluding diaryl/α,β-unsaturated/α-hetero) is 2. The average molecular weight is 748 g/mol. The lowest BCUT2D eigenvalue weighted by Gasteiger charge is -2.35. The summed E-state index contributed by atoms with van der Waals surface area (Å²) in [6, 6.07) is 12.0. The molecule has 2 aliphatic heterocycles. The molecular formula is C45H57N5O5. The van der Waals surface area contributed by atoms with Crippen LogP contribution in [0, 0.1) is 11.8 Å². The lowest BCUT2D eigenvalue weighted by atomic mass is 9.85. The molecule has 4 aromatic rings. The van der Waals surface area contributed by atoms with Crippen molar-refractivity contribution >= 4 is 33.8 Å². The summed E-state index contributed by atoms with van der Waals surface area (Å²) in [6.45, 7) is 10.7. The standard InChI is InChI=1S/C45H57N5O5/c1-6-49(7-2)44-25-35-37(27-46-44)45(53)47(3)28-38(35)32-22-42(54-4)39(43(23-32)55-5)29-48-18-9-8-10-30(15-19-48)11-12-31-16-20-50(21-17-31)33-13-14-34-36(24-33)41(52)26-40(34)51/h13-14,22-25,27-28,30-31H,6-12,15-21,26,29H2,1-5H3. The Morgan fingerprint density at radius 2 is 1.44 bits per heavy atom. The number of fused-ring (bicyclic) bond motifs is 2. The normalized spacial score (nSPS) is 18.3. The highest BCUT2D eigenvalue weighted by Gasteiger charge is 2.29. The van der Waals surface area contributed by atoms with Crippen molar-refractivity contribution in [1.82, 2.24) is 14.5 Å². The molecule has 55 heavy (non-hydrogen) atoms. The number of carbonyl (C=O) groups is 2. The molecule has 1 unspecified atom stereocenters. The van der Waals surface area contributed by atoms with E-state index in [2.05, 4.69) is 45.7 Å². The van der Waals surface area contributed by atoms with Gasteiger partial charge in [-0.1, -0.05) is 25.7 Å². The van der Waals surface area contributed by atoms with Crippen LogP contribution in [0.3, 0.4) is 0 Å². The number of benzene rings is 2. The third kappa shape index (κ3) is 8.15. The topological polar surface area (TPSA) is 97.2 Å². The highest BCUT2D eigenvalue weighted by molar-refractivity contribution is 6.24. The van der Waals surface area contributed by atoms with E-state index in [1.54, 1.807) is 32.0 Å². The van der Waals surface area contributed by atoms with E-state index in [0.717, 1.165) is 103 Å². The van der Waals surface area contributed by atoms with E-state index < -0.39 is 0 Å². The Balaban J connectivity index is 1.00. The van der Waals surface area contributed by atoms with E-state index in [-0.39, 0.29) is 23.5 Å². The van der Waals surface area contributed by atoms with Crippen LogP contribution in [-0.2, 0) is 13.6 Å². The van der Waals surface area contributed by atoms with Crippen molar-refractivity contribution in [3.05, 3.63) is 75.8 Å². The maximum absolute atomic E-state index is 13.2. The third-order valence-electron chi connectivity index (χ3n) is 12.5. The highest BCUT2D eigenvalue weighted by atomic mass is 16.5.